The van der Waals surface area contributed by atoms with Gasteiger partial charge < -0.3 is 4.57 Å². The van der Waals surface area contributed by atoms with Crippen molar-refractivity contribution in [1.82, 2.24) is 0 Å². The van der Waals surface area contributed by atoms with Gasteiger partial charge in [0.05, 0.1) is 0 Å². The molecule has 0 amide bonds. The van der Waals surface area contributed by atoms with Crippen molar-refractivity contribution in [2.24, 2.45) is 0 Å². The van der Waals surface area contributed by atoms with Crippen molar-refractivity contribution in [3.05, 3.63) is 0 Å². The molecule has 0 radical (unpaired) electrons. The number of hydrogen-bond acceptors (Lipinski definition) is 3. The fourth-order valence-electron chi connectivity index (χ4n) is 0.0373. The lowest BCUT2D eigenvalue weighted by Crippen LogP contribution is -1.25. The molecule has 6 heavy (non-hydrogen) atoms. The monoisotopic (exact) mass is 142 g/mol. The van der Waals surface area contributed by atoms with Crippen molar-refractivity contribution in [3.63, 3.8) is 0 Å². The van der Waals surface area contributed by atoms with Gasteiger partial charge in [-0.1, -0.05) is 11.4 Å². The number of rotatable bonds is 2. The highest BCUT2D eigenvalue weighted by atomic mass is 32.9. The van der Waals surface area contributed by atoms with Crippen LogP contribution < -0.4 is 0 Å². The lowest BCUT2D eigenvalue weighted by molar-refractivity contribution is 0.591. The molecule has 36 valence electrons. The summed E-state index contributed by atoms with van der Waals surface area (Å²) in [7, 11) is -0.213. The smallest absolute Gasteiger partial charge is 0.230 e. The average Bonchev–Trinajstić information content (AvgIpc) is 1.65. The molecule has 0 aromatic carbocycles. The summed E-state index contributed by atoms with van der Waals surface area (Å²) in [5, 5.41) is 0. The zero-order valence-corrected chi connectivity index (χ0v) is 5.88. The maximum Gasteiger partial charge on any atom is 0.230 e. The molecule has 0 aliphatic carbocycles. The van der Waals surface area contributed by atoms with E-state index in [1.807, 2.05) is 0 Å². The molecule has 1 unspecified atom stereocenters. The molecule has 2 nitrogen and oxygen atoms in total. The molecule has 0 N–H and O–H groups in total. The quantitative estimate of drug-likeness (QED) is 0.553. The molecule has 0 heterocycles. The molecule has 0 aliphatic heterocycles. The first-order valence-corrected chi connectivity index (χ1v) is 6.23. The van der Waals surface area contributed by atoms with Gasteiger partial charge in [-0.15, -0.1) is 0 Å². The maximum absolute atomic E-state index is 10.0. The Labute approximate surface area is 42.3 Å². The zero-order chi connectivity index (χ0) is 4.99. The van der Waals surface area contributed by atoms with Crippen molar-refractivity contribution < 1.29 is 9.13 Å². The minimum atomic E-state index is -1.78. The highest BCUT2D eigenvalue weighted by molar-refractivity contribution is 8.67. The van der Waals surface area contributed by atoms with Crippen LogP contribution >= 0.6 is 26.2 Å². The Bertz CT molecular complexity index is 71.9. The van der Waals surface area contributed by atoms with E-state index in [2.05, 4.69) is 0 Å². The van der Waals surface area contributed by atoms with Crippen LogP contribution in [-0.2, 0) is 9.13 Å². The maximum atomic E-state index is 10.0. The van der Waals surface area contributed by atoms with E-state index in [-0.39, 0.29) is 8.15 Å². The van der Waals surface area contributed by atoms with E-state index in [9.17, 15) is 9.13 Å². The van der Waals surface area contributed by atoms with E-state index in [1.54, 1.807) is 6.26 Å². The summed E-state index contributed by atoms with van der Waals surface area (Å²) in [4.78, 5) is 0. The van der Waals surface area contributed by atoms with E-state index in [0.29, 0.717) is 0 Å². The van der Waals surface area contributed by atoms with E-state index in [0.717, 1.165) is 11.4 Å². The lowest BCUT2D eigenvalue weighted by atomic mass is 12.0. The van der Waals surface area contributed by atoms with Crippen LogP contribution in [0.5, 0.6) is 0 Å². The Hall–Kier alpha value is 0.680. The molecule has 0 aromatic heterocycles. The van der Waals surface area contributed by atoms with E-state index in [4.69, 9.17) is 0 Å². The summed E-state index contributed by atoms with van der Waals surface area (Å²) in [6, 6.07) is 0. The van der Waals surface area contributed by atoms with Gasteiger partial charge in [-0.05, 0) is 6.26 Å². The van der Waals surface area contributed by atoms with Crippen LogP contribution in [0.25, 0.3) is 0 Å². The Morgan fingerprint density at radius 2 is 2.33 bits per heavy atom. The fraction of sp³-hybridized carbons (Fsp3) is 1.00. The molecule has 0 aromatic rings. The molecule has 0 saturated heterocycles. The number of hydrogen-bond donors (Lipinski definition) is 0. The largest absolute Gasteiger partial charge is 0.303 e. The van der Waals surface area contributed by atoms with Crippen LogP contribution in [0.1, 0.15) is 0 Å². The molecular formula is CH4O2P2S. The summed E-state index contributed by atoms with van der Waals surface area (Å²) in [5.41, 5.74) is 0. The van der Waals surface area contributed by atoms with Gasteiger partial charge in [0.15, 0.2) is 0 Å². The van der Waals surface area contributed by atoms with Crippen molar-refractivity contribution in [3.8, 4) is 0 Å². The van der Waals surface area contributed by atoms with Crippen molar-refractivity contribution in [1.29, 1.82) is 0 Å². The molecule has 0 fully saturated rings. The van der Waals surface area contributed by atoms with Crippen LogP contribution in [0.2, 0.25) is 0 Å². The Kier molecular flexibility index (Phi) is 4.29. The standard InChI is InChI=1S/CH4O2P2S/c1-6-5(3)4-2/h5H,1H3. The summed E-state index contributed by atoms with van der Waals surface area (Å²) in [6.45, 7) is -1.78. The topological polar surface area (TPSA) is 34.1 Å². The van der Waals surface area contributed by atoms with Crippen molar-refractivity contribution in [2.75, 3.05) is 6.26 Å². The van der Waals surface area contributed by atoms with Gasteiger partial charge in [0, 0.05) is 0 Å². The van der Waals surface area contributed by atoms with Gasteiger partial charge in [0.25, 0.3) is 0 Å². The Balaban J connectivity index is 3.23. The highest BCUT2D eigenvalue weighted by Crippen LogP contribution is 2.46. The summed E-state index contributed by atoms with van der Waals surface area (Å²) in [5.74, 6) is 0. The second kappa shape index (κ2) is 3.86. The Morgan fingerprint density at radius 3 is 2.33 bits per heavy atom. The molecule has 5 heteroatoms. The van der Waals surface area contributed by atoms with E-state index < -0.39 is 6.69 Å². The predicted octanol–water partition coefficient (Wildman–Crippen LogP) is 2.03. The van der Waals surface area contributed by atoms with Gasteiger partial charge in [-0.25, -0.2) is 0 Å². The van der Waals surface area contributed by atoms with Crippen molar-refractivity contribution >= 4 is 26.2 Å². The van der Waals surface area contributed by atoms with Gasteiger partial charge in [-0.3, -0.25) is 4.57 Å². The van der Waals surface area contributed by atoms with Crippen LogP contribution in [0.4, 0.5) is 0 Å². The van der Waals surface area contributed by atoms with Gasteiger partial charge in [0.2, 0.25) is 14.8 Å². The van der Waals surface area contributed by atoms with Gasteiger partial charge >= 0.3 is 0 Å². The first kappa shape index (κ1) is 6.68. The van der Waals surface area contributed by atoms with Crippen LogP contribution in [0, 0.1) is 0 Å². The molecule has 0 aliphatic rings. The predicted molar refractivity (Wildman–Crippen MR) is 30.1 cm³/mol. The third-order valence-corrected chi connectivity index (χ3v) is 4.56. The minimum absolute atomic E-state index is 0.213. The third kappa shape index (κ3) is 2.89. The average molecular weight is 142 g/mol. The van der Waals surface area contributed by atoms with Crippen LogP contribution in [-0.4, -0.2) is 6.26 Å². The third-order valence-electron chi connectivity index (χ3n) is 0.249. The van der Waals surface area contributed by atoms with Gasteiger partial charge in [0.1, 0.15) is 0 Å². The molecule has 1 atom stereocenters. The molecular weight excluding hydrogens is 138 g/mol. The molecule has 0 spiro atoms. The Morgan fingerprint density at radius 1 is 1.83 bits per heavy atom. The van der Waals surface area contributed by atoms with E-state index >= 15 is 0 Å². The minimum Gasteiger partial charge on any atom is -0.303 e. The SMILES string of the molecule is CS[PH](=O)P=O. The fourth-order valence-corrected chi connectivity index (χ4v) is 1.01. The van der Waals surface area contributed by atoms with Crippen LogP contribution in [0.15, 0.2) is 0 Å². The summed E-state index contributed by atoms with van der Waals surface area (Å²) < 4.78 is 19.5. The summed E-state index contributed by atoms with van der Waals surface area (Å²) >= 11 is 1.15. The molecule has 0 bridgehead atoms. The van der Waals surface area contributed by atoms with E-state index in [1.165, 1.54) is 0 Å². The summed E-state index contributed by atoms with van der Waals surface area (Å²) in [6.07, 6.45) is 1.67. The molecule has 0 rings (SSSR count). The normalized spacial score (nSPS) is 14.8. The van der Waals surface area contributed by atoms with Crippen LogP contribution in [0.3, 0.4) is 0 Å². The lowest BCUT2D eigenvalue weighted by Gasteiger charge is -1.72. The second-order valence-electron chi connectivity index (χ2n) is 0.561. The zero-order valence-electron chi connectivity index (χ0n) is 3.17. The van der Waals surface area contributed by atoms with Crippen molar-refractivity contribution in [2.45, 2.75) is 0 Å². The second-order valence-corrected chi connectivity index (χ2v) is 6.70. The van der Waals surface area contributed by atoms with Gasteiger partial charge in [-0.2, -0.15) is 0 Å². The first-order chi connectivity index (χ1) is 2.81. The highest BCUT2D eigenvalue weighted by Gasteiger charge is 1.86. The first-order valence-electron chi connectivity index (χ1n) is 1.22. The molecule has 0 saturated carbocycles.